The molecule has 0 rings (SSSR count). The smallest absolute Gasteiger partial charge is 0.0103 e. The van der Waals surface area contributed by atoms with Crippen molar-refractivity contribution >= 4 is 0 Å². The van der Waals surface area contributed by atoms with Gasteiger partial charge in [0, 0.05) is 12.5 Å². The van der Waals surface area contributed by atoms with E-state index >= 15 is 0 Å². The molecule has 0 saturated carbocycles. The maximum Gasteiger partial charge on any atom is 0.0103 e. The highest BCUT2D eigenvalue weighted by Crippen LogP contribution is 2.06. The van der Waals surface area contributed by atoms with E-state index < -0.39 is 0 Å². The van der Waals surface area contributed by atoms with E-state index in [4.69, 9.17) is 0 Å². The Labute approximate surface area is 83.3 Å². The van der Waals surface area contributed by atoms with Crippen LogP contribution in [0.15, 0.2) is 0 Å². The first-order chi connectivity index (χ1) is 6.35. The van der Waals surface area contributed by atoms with Crippen LogP contribution in [0.25, 0.3) is 0 Å². The third kappa shape index (κ3) is 7.87. The zero-order valence-corrected chi connectivity index (χ0v) is 9.32. The van der Waals surface area contributed by atoms with Gasteiger partial charge in [-0.2, -0.15) is 0 Å². The van der Waals surface area contributed by atoms with Crippen LogP contribution in [0.5, 0.6) is 0 Å². The zero-order valence-electron chi connectivity index (χ0n) is 9.32. The average molecular weight is 181 g/mol. The van der Waals surface area contributed by atoms with Gasteiger partial charge in [0.1, 0.15) is 0 Å². The molecule has 0 amide bonds. The summed E-state index contributed by atoms with van der Waals surface area (Å²) in [6, 6.07) is 0.686. The first kappa shape index (κ1) is 12.5. The Balaban J connectivity index is 3.57. The maximum absolute atomic E-state index is 3.51. The Kier molecular flexibility index (Phi) is 9.25. The summed E-state index contributed by atoms with van der Waals surface area (Å²) >= 11 is 0. The standard InChI is InChI=1S/C12H23N/c1-4-7-9-11-12(13-6-3)10-8-5-2/h12-13H,5-6,8-11H2,1-3H3. The molecule has 0 aromatic heterocycles. The van der Waals surface area contributed by atoms with Crippen LogP contribution in [0.4, 0.5) is 0 Å². The Bertz CT molecular complexity index is 152. The predicted octanol–water partition coefficient (Wildman–Crippen LogP) is 2.96. The first-order valence-corrected chi connectivity index (χ1v) is 5.48. The van der Waals surface area contributed by atoms with E-state index in [9.17, 15) is 0 Å². The SMILES string of the molecule is CC#CCCC(CCCC)NCC. The van der Waals surface area contributed by atoms with Crippen molar-refractivity contribution in [2.45, 2.75) is 58.9 Å². The van der Waals surface area contributed by atoms with Gasteiger partial charge in [0.25, 0.3) is 0 Å². The summed E-state index contributed by atoms with van der Waals surface area (Å²) in [7, 11) is 0. The number of rotatable bonds is 7. The van der Waals surface area contributed by atoms with Crippen molar-refractivity contribution in [1.82, 2.24) is 5.32 Å². The van der Waals surface area contributed by atoms with Crippen LogP contribution >= 0.6 is 0 Å². The zero-order chi connectivity index (χ0) is 9.94. The summed E-state index contributed by atoms with van der Waals surface area (Å²) in [6.07, 6.45) is 6.17. The van der Waals surface area contributed by atoms with Crippen LogP contribution in [-0.2, 0) is 0 Å². The second kappa shape index (κ2) is 9.61. The van der Waals surface area contributed by atoms with E-state index in [0.29, 0.717) is 6.04 Å². The van der Waals surface area contributed by atoms with Gasteiger partial charge in [-0.3, -0.25) is 0 Å². The Morgan fingerprint density at radius 3 is 2.54 bits per heavy atom. The van der Waals surface area contributed by atoms with E-state index in [1.54, 1.807) is 0 Å². The summed E-state index contributed by atoms with van der Waals surface area (Å²) in [5.74, 6) is 6.07. The second-order valence-corrected chi connectivity index (χ2v) is 3.36. The van der Waals surface area contributed by atoms with E-state index in [1.165, 1.54) is 25.7 Å². The van der Waals surface area contributed by atoms with Gasteiger partial charge in [0.05, 0.1) is 0 Å². The summed E-state index contributed by atoms with van der Waals surface area (Å²) in [5, 5.41) is 3.51. The molecule has 0 bridgehead atoms. The molecule has 1 unspecified atom stereocenters. The molecule has 0 saturated heterocycles. The van der Waals surface area contributed by atoms with Gasteiger partial charge in [-0.15, -0.1) is 11.8 Å². The van der Waals surface area contributed by atoms with Gasteiger partial charge in [0.15, 0.2) is 0 Å². The highest BCUT2D eigenvalue weighted by molar-refractivity contribution is 4.95. The third-order valence-corrected chi connectivity index (χ3v) is 2.19. The summed E-state index contributed by atoms with van der Waals surface area (Å²) < 4.78 is 0. The highest BCUT2D eigenvalue weighted by Gasteiger charge is 2.04. The van der Waals surface area contributed by atoms with Gasteiger partial charge in [-0.1, -0.05) is 26.7 Å². The molecule has 1 N–H and O–H groups in total. The normalized spacial score (nSPS) is 11.9. The lowest BCUT2D eigenvalue weighted by Gasteiger charge is -2.15. The lowest BCUT2D eigenvalue weighted by atomic mass is 10.0. The predicted molar refractivity (Wildman–Crippen MR) is 59.7 cm³/mol. The van der Waals surface area contributed by atoms with Crippen molar-refractivity contribution in [2.75, 3.05) is 6.54 Å². The molecule has 0 aliphatic rings. The number of hydrogen-bond acceptors (Lipinski definition) is 1. The Morgan fingerprint density at radius 2 is 2.00 bits per heavy atom. The van der Waals surface area contributed by atoms with Gasteiger partial charge in [0.2, 0.25) is 0 Å². The largest absolute Gasteiger partial charge is 0.314 e. The number of unbranched alkanes of at least 4 members (excludes halogenated alkanes) is 1. The van der Waals surface area contributed by atoms with E-state index in [1.807, 2.05) is 6.92 Å². The third-order valence-electron chi connectivity index (χ3n) is 2.19. The molecule has 0 aliphatic carbocycles. The molecule has 0 fully saturated rings. The summed E-state index contributed by atoms with van der Waals surface area (Å²) in [6.45, 7) is 7.40. The van der Waals surface area contributed by atoms with Crippen LogP contribution in [0.3, 0.4) is 0 Å². The van der Waals surface area contributed by atoms with Crippen LogP contribution in [0.1, 0.15) is 52.9 Å². The maximum atomic E-state index is 3.51. The monoisotopic (exact) mass is 181 g/mol. The molecule has 0 aromatic rings. The van der Waals surface area contributed by atoms with Crippen LogP contribution in [0, 0.1) is 11.8 Å². The first-order valence-electron chi connectivity index (χ1n) is 5.48. The lowest BCUT2D eigenvalue weighted by molar-refractivity contribution is 0.454. The van der Waals surface area contributed by atoms with Crippen molar-refractivity contribution in [3.8, 4) is 11.8 Å². The van der Waals surface area contributed by atoms with E-state index in [2.05, 4.69) is 31.0 Å². The summed E-state index contributed by atoms with van der Waals surface area (Å²) in [5.41, 5.74) is 0. The van der Waals surface area contributed by atoms with Gasteiger partial charge >= 0.3 is 0 Å². The molecular weight excluding hydrogens is 158 g/mol. The van der Waals surface area contributed by atoms with Gasteiger partial charge < -0.3 is 5.32 Å². The molecule has 1 nitrogen and oxygen atoms in total. The molecule has 13 heavy (non-hydrogen) atoms. The average Bonchev–Trinajstić information content (AvgIpc) is 2.14. The lowest BCUT2D eigenvalue weighted by Crippen LogP contribution is -2.28. The minimum atomic E-state index is 0.686. The van der Waals surface area contributed by atoms with Gasteiger partial charge in [-0.25, -0.2) is 0 Å². The fourth-order valence-corrected chi connectivity index (χ4v) is 1.46. The fraction of sp³-hybridized carbons (Fsp3) is 0.833. The van der Waals surface area contributed by atoms with Crippen molar-refractivity contribution < 1.29 is 0 Å². The van der Waals surface area contributed by atoms with Crippen LogP contribution in [-0.4, -0.2) is 12.6 Å². The van der Waals surface area contributed by atoms with Crippen molar-refractivity contribution in [3.63, 3.8) is 0 Å². The van der Waals surface area contributed by atoms with E-state index in [-0.39, 0.29) is 0 Å². The molecule has 1 atom stereocenters. The van der Waals surface area contributed by atoms with Gasteiger partial charge in [-0.05, 0) is 26.3 Å². The number of hydrogen-bond donors (Lipinski definition) is 1. The molecule has 0 aromatic carbocycles. The van der Waals surface area contributed by atoms with Crippen LogP contribution in [0.2, 0.25) is 0 Å². The van der Waals surface area contributed by atoms with Crippen molar-refractivity contribution in [1.29, 1.82) is 0 Å². The van der Waals surface area contributed by atoms with Crippen LogP contribution < -0.4 is 5.32 Å². The Morgan fingerprint density at radius 1 is 1.23 bits per heavy atom. The van der Waals surface area contributed by atoms with Crippen molar-refractivity contribution in [3.05, 3.63) is 0 Å². The molecule has 1 heteroatoms. The quantitative estimate of drug-likeness (QED) is 0.595. The molecule has 0 spiro atoms. The Hall–Kier alpha value is -0.480. The van der Waals surface area contributed by atoms with Crippen molar-refractivity contribution in [2.24, 2.45) is 0 Å². The molecule has 76 valence electrons. The number of nitrogens with one attached hydrogen (secondary N) is 1. The summed E-state index contributed by atoms with van der Waals surface area (Å²) in [4.78, 5) is 0. The minimum Gasteiger partial charge on any atom is -0.314 e. The minimum absolute atomic E-state index is 0.686. The molecule has 0 heterocycles. The molecule has 0 aliphatic heterocycles. The second-order valence-electron chi connectivity index (χ2n) is 3.36. The topological polar surface area (TPSA) is 12.0 Å². The molecular formula is C12H23N. The fourth-order valence-electron chi connectivity index (χ4n) is 1.46. The van der Waals surface area contributed by atoms with E-state index in [0.717, 1.165) is 13.0 Å². The molecule has 0 radical (unpaired) electrons. The highest BCUT2D eigenvalue weighted by atomic mass is 14.9.